The fourth-order valence-corrected chi connectivity index (χ4v) is 25.5. The number of rotatable bonds is 10. The van der Waals surface area contributed by atoms with E-state index in [0.717, 1.165) is 123 Å². The van der Waals surface area contributed by atoms with Gasteiger partial charge in [0.05, 0.1) is 88.6 Å². The van der Waals surface area contributed by atoms with Crippen LogP contribution in [0.15, 0.2) is 494 Å². The standard InChI is InChI=1S/C74H44N4O2.C62H36N4/c1-4-18-49(19-5-1)75(64-30-16-27-57-55-25-11-14-32-68(55)79-73(57)64)52-36-34-45-40-59-61-44-60-54-24-10-13-29-63(54)77(51-22-8-3-9-23-51)71(60)70-62-41-46-35-37-53(39-48(46)43-67(62)78(72(61)70)66(59)42-47(45)38-52)76(50-20-6-2-7-21-50)65-31-17-28-58-56-26-12-15-33-69(56)80-74(58)65;1-2-14-41(15-3-1)65-57-25-13-8-20-48(57)50-36-51-49-32-37-26-28-42(63-53-21-9-4-16-44(53)45-17-5-10-22-54(45)63)30-39(37)34-58(49)66-59-35-40-31-43(29-27-38(40)33-52(59)60(61(50)65)62(51)66)64-55-23-11-6-18-46(55)47-19-7-12-24-56(47)64/h1-44H;1-36H. The summed E-state index contributed by atoms with van der Waals surface area (Å²) in [5.74, 6) is 0. The first kappa shape index (κ1) is 79.1. The zero-order valence-electron chi connectivity index (χ0n) is 78.6. The van der Waals surface area contributed by atoms with Crippen LogP contribution in [0, 0.1) is 0 Å². The van der Waals surface area contributed by atoms with Crippen molar-refractivity contribution in [1.29, 1.82) is 0 Å². The van der Waals surface area contributed by atoms with Crippen LogP contribution in [0.5, 0.6) is 0 Å². The van der Waals surface area contributed by atoms with Gasteiger partial charge in [-0.3, -0.25) is 0 Å². The minimum absolute atomic E-state index is 0.856. The summed E-state index contributed by atoms with van der Waals surface area (Å²) in [6.45, 7) is 0. The van der Waals surface area contributed by atoms with Crippen molar-refractivity contribution < 1.29 is 8.83 Å². The van der Waals surface area contributed by atoms with Crippen molar-refractivity contribution in [1.82, 2.24) is 27.1 Å². The Morgan fingerprint density at radius 1 is 0.151 bits per heavy atom. The molecule has 0 atom stereocenters. The highest BCUT2D eigenvalue weighted by atomic mass is 16.3. The third-order valence-electron chi connectivity index (χ3n) is 31.6. The molecule has 10 aromatic heterocycles. The molecule has 10 heterocycles. The second kappa shape index (κ2) is 29.9. The van der Waals surface area contributed by atoms with Crippen molar-refractivity contribution >= 4 is 285 Å². The maximum Gasteiger partial charge on any atom is 0.159 e. The number of para-hydroxylation sites is 14. The summed E-state index contributed by atoms with van der Waals surface area (Å²) in [7, 11) is 0. The van der Waals surface area contributed by atoms with E-state index in [1.807, 2.05) is 12.1 Å². The molecule has 0 saturated heterocycles. The van der Waals surface area contributed by atoms with E-state index in [0.29, 0.717) is 0 Å². The molecule has 0 N–H and O–H groups in total. The highest BCUT2D eigenvalue weighted by molar-refractivity contribution is 6.38. The van der Waals surface area contributed by atoms with Crippen molar-refractivity contribution in [3.8, 4) is 22.7 Å². The Balaban J connectivity index is 0.000000130. The molecular formula is C136H80N8O2. The first-order valence-corrected chi connectivity index (χ1v) is 50.2. The van der Waals surface area contributed by atoms with Crippen molar-refractivity contribution in [3.63, 3.8) is 0 Å². The van der Waals surface area contributed by atoms with Gasteiger partial charge >= 0.3 is 0 Å². The summed E-state index contributed by atoms with van der Waals surface area (Å²) < 4.78 is 28.4. The van der Waals surface area contributed by atoms with Crippen LogP contribution in [0.3, 0.4) is 0 Å². The summed E-state index contributed by atoms with van der Waals surface area (Å²) in [5.41, 5.74) is 31.2. The lowest BCUT2D eigenvalue weighted by atomic mass is 9.99. The van der Waals surface area contributed by atoms with Gasteiger partial charge in [0, 0.05) is 153 Å². The first-order chi connectivity index (χ1) is 72.4. The smallest absolute Gasteiger partial charge is 0.159 e. The van der Waals surface area contributed by atoms with Gasteiger partial charge in [-0.15, -0.1) is 0 Å². The van der Waals surface area contributed by atoms with Crippen molar-refractivity contribution in [2.45, 2.75) is 0 Å². The van der Waals surface area contributed by atoms with Gasteiger partial charge in [0.25, 0.3) is 0 Å². The molecule has 0 bridgehead atoms. The average molecular weight is 1860 g/mol. The van der Waals surface area contributed by atoms with E-state index < -0.39 is 0 Å². The largest absolute Gasteiger partial charge is 0.454 e. The Morgan fingerprint density at radius 3 is 0.815 bits per heavy atom. The average Bonchev–Trinajstić information content (AvgIpc) is 1.51. The van der Waals surface area contributed by atoms with Crippen LogP contribution in [0.25, 0.3) is 273 Å². The van der Waals surface area contributed by atoms with Gasteiger partial charge in [0.1, 0.15) is 11.2 Å². The molecule has 0 aliphatic heterocycles. The minimum atomic E-state index is 0.856. The molecule has 0 aliphatic rings. The first-order valence-electron chi connectivity index (χ1n) is 50.2. The molecule has 10 heteroatoms. The van der Waals surface area contributed by atoms with Gasteiger partial charge < -0.3 is 45.7 Å². The molecule has 0 aliphatic carbocycles. The second-order valence-electron chi connectivity index (χ2n) is 39.3. The number of anilines is 6. The van der Waals surface area contributed by atoms with Crippen molar-refractivity contribution in [2.75, 3.05) is 9.80 Å². The maximum atomic E-state index is 6.72. The summed E-state index contributed by atoms with van der Waals surface area (Å²) >= 11 is 0. The third kappa shape index (κ3) is 11.1. The fraction of sp³-hybridized carbons (Fsp3) is 0. The molecule has 146 heavy (non-hydrogen) atoms. The second-order valence-corrected chi connectivity index (χ2v) is 39.3. The Bertz CT molecular complexity index is 11500. The van der Waals surface area contributed by atoms with Crippen LogP contribution in [0.1, 0.15) is 0 Å². The summed E-state index contributed by atoms with van der Waals surface area (Å²) in [4.78, 5) is 4.68. The van der Waals surface area contributed by atoms with Gasteiger partial charge in [-0.25, -0.2) is 0 Å². The number of hydrogen-bond donors (Lipinski definition) is 0. The zero-order chi connectivity index (χ0) is 94.9. The quantitative estimate of drug-likeness (QED) is 0.137. The maximum absolute atomic E-state index is 6.72. The van der Waals surface area contributed by atoms with E-state index in [9.17, 15) is 0 Å². The van der Waals surface area contributed by atoms with E-state index in [-0.39, 0.29) is 0 Å². The monoisotopic (exact) mass is 1860 g/mol. The zero-order valence-corrected chi connectivity index (χ0v) is 78.6. The SMILES string of the molecule is c1ccc(-n2c3ccccc3c3cc4c5cc6ccc(-n7c8ccccc8c8ccccc87)cc6cc5n5c6cc7cc(-n8c9ccccc9c9ccccc98)ccc7cc6c(c32)c45)cc1.c1ccc(N(c2ccc3cc4c5cc6c7ccccc7n(-c7ccccc7)c6c6c7cc8ccc(N(c9ccccc9)c9cccc%10c9oc9ccccc9%10)cc8cc7n(c4cc3c2)c56)c2cccc3c2oc2ccccc23)cc1. The summed E-state index contributed by atoms with van der Waals surface area (Å²) in [6.07, 6.45) is 0. The van der Waals surface area contributed by atoms with E-state index >= 15 is 0 Å². The Kier molecular flexibility index (Phi) is 16.2. The number of hydrogen-bond acceptors (Lipinski definition) is 4. The lowest BCUT2D eigenvalue weighted by molar-refractivity contribution is 0.668. The lowest BCUT2D eigenvalue weighted by Gasteiger charge is -2.26. The molecule has 0 amide bonds. The van der Waals surface area contributed by atoms with E-state index in [1.54, 1.807) is 0 Å². The van der Waals surface area contributed by atoms with Crippen LogP contribution in [-0.4, -0.2) is 27.1 Å². The van der Waals surface area contributed by atoms with Crippen molar-refractivity contribution in [2.24, 2.45) is 0 Å². The van der Waals surface area contributed by atoms with Gasteiger partial charge in [-0.1, -0.05) is 267 Å². The minimum Gasteiger partial charge on any atom is -0.454 e. The summed E-state index contributed by atoms with van der Waals surface area (Å²) in [5, 5.41) is 34.0. The molecule has 0 spiro atoms. The van der Waals surface area contributed by atoms with Gasteiger partial charge in [0.15, 0.2) is 11.2 Å². The van der Waals surface area contributed by atoms with Crippen LogP contribution < -0.4 is 9.80 Å². The number of benzene rings is 24. The molecule has 34 rings (SSSR count). The Hall–Kier alpha value is -19.7. The van der Waals surface area contributed by atoms with Gasteiger partial charge in [-0.05, 0) is 261 Å². The lowest BCUT2D eigenvalue weighted by Crippen LogP contribution is -2.10. The molecule has 0 radical (unpaired) electrons. The van der Waals surface area contributed by atoms with E-state index in [2.05, 4.69) is 510 Å². The Morgan fingerprint density at radius 2 is 0.438 bits per heavy atom. The van der Waals surface area contributed by atoms with Gasteiger partial charge in [0.2, 0.25) is 0 Å². The van der Waals surface area contributed by atoms with Gasteiger partial charge in [-0.2, -0.15) is 0 Å². The predicted molar refractivity (Wildman–Crippen MR) is 614 cm³/mol. The number of aromatic nitrogens is 6. The Labute approximate surface area is 832 Å². The van der Waals surface area contributed by atoms with Crippen LogP contribution in [0.2, 0.25) is 0 Å². The fourth-order valence-electron chi connectivity index (χ4n) is 25.5. The number of nitrogens with zero attached hydrogens (tertiary/aromatic N) is 8. The van der Waals surface area contributed by atoms with Crippen LogP contribution >= 0.6 is 0 Å². The topological polar surface area (TPSA) is 61.3 Å². The normalized spacial score (nSPS) is 12.4. The molecule has 0 fully saturated rings. The van der Waals surface area contributed by atoms with Crippen LogP contribution in [0.4, 0.5) is 34.1 Å². The molecule has 0 saturated carbocycles. The highest BCUT2D eigenvalue weighted by Crippen LogP contribution is 2.54. The predicted octanol–water partition coefficient (Wildman–Crippen LogP) is 37.4. The van der Waals surface area contributed by atoms with E-state index in [1.165, 1.54) is 185 Å². The molecule has 34 aromatic rings. The van der Waals surface area contributed by atoms with Crippen molar-refractivity contribution in [3.05, 3.63) is 485 Å². The summed E-state index contributed by atoms with van der Waals surface area (Å²) in [6, 6.07) is 178. The molecule has 0 unspecified atom stereocenters. The van der Waals surface area contributed by atoms with E-state index in [4.69, 9.17) is 8.83 Å². The number of fused-ring (bicyclic) bond motifs is 36. The molecule has 676 valence electrons. The molecule has 10 nitrogen and oxygen atoms in total. The third-order valence-corrected chi connectivity index (χ3v) is 31.6. The number of furan rings is 2. The molecule has 24 aromatic carbocycles. The highest BCUT2D eigenvalue weighted by Gasteiger charge is 2.32. The van der Waals surface area contributed by atoms with Crippen LogP contribution in [-0.2, 0) is 0 Å². The molecular weight excluding hydrogens is 1780 g/mol.